The fourth-order valence-electron chi connectivity index (χ4n) is 3.98. The standard InChI is InChI=1S/C23H19ClN2O5/c24-15-6-4-13(5-7-15)10-20(29)25-12-14-2-1-3-17-21(14)23(31)26(22(17)30)18-9-8-16(27)11-19(18)28/h1-7,18H,8-12H2,(H,25,29). The molecule has 3 amide bonds. The Balaban J connectivity index is 1.49. The minimum absolute atomic E-state index is 0.0690. The highest BCUT2D eigenvalue weighted by atomic mass is 35.5. The minimum Gasteiger partial charge on any atom is -0.352 e. The smallest absolute Gasteiger partial charge is 0.262 e. The normalized spacial score (nSPS) is 18.4. The van der Waals surface area contributed by atoms with Gasteiger partial charge in [0.05, 0.1) is 30.0 Å². The van der Waals surface area contributed by atoms with E-state index >= 15 is 0 Å². The summed E-state index contributed by atoms with van der Waals surface area (Å²) < 4.78 is 0. The van der Waals surface area contributed by atoms with Crippen LogP contribution in [0.3, 0.4) is 0 Å². The summed E-state index contributed by atoms with van der Waals surface area (Å²) in [4.78, 5) is 63.0. The number of nitrogens with zero attached hydrogens (tertiary/aromatic N) is 1. The van der Waals surface area contributed by atoms with Gasteiger partial charge in [-0.05, 0) is 35.7 Å². The summed E-state index contributed by atoms with van der Waals surface area (Å²) in [7, 11) is 0. The first-order valence-corrected chi connectivity index (χ1v) is 10.3. The first-order valence-electron chi connectivity index (χ1n) is 9.90. The monoisotopic (exact) mass is 438 g/mol. The number of ketones is 2. The maximum Gasteiger partial charge on any atom is 0.262 e. The lowest BCUT2D eigenvalue weighted by atomic mass is 9.92. The molecule has 8 heteroatoms. The van der Waals surface area contributed by atoms with E-state index in [0.29, 0.717) is 10.6 Å². The predicted octanol–water partition coefficient (Wildman–Crippen LogP) is 2.49. The van der Waals surface area contributed by atoms with E-state index < -0.39 is 23.6 Å². The number of imide groups is 1. The number of nitrogens with one attached hydrogen (secondary N) is 1. The molecule has 1 aliphatic carbocycles. The van der Waals surface area contributed by atoms with Crippen molar-refractivity contribution in [3.8, 4) is 0 Å². The SMILES string of the molecule is O=C1CCC(N2C(=O)c3cccc(CNC(=O)Cc4ccc(Cl)cc4)c3C2=O)C(=O)C1. The molecular weight excluding hydrogens is 420 g/mol. The third kappa shape index (κ3) is 4.14. The van der Waals surface area contributed by atoms with Gasteiger partial charge >= 0.3 is 0 Å². The van der Waals surface area contributed by atoms with Crippen LogP contribution < -0.4 is 5.32 Å². The van der Waals surface area contributed by atoms with Crippen LogP contribution in [-0.2, 0) is 27.3 Å². The van der Waals surface area contributed by atoms with E-state index in [2.05, 4.69) is 5.32 Å². The Bertz CT molecular complexity index is 1110. The van der Waals surface area contributed by atoms with Crippen molar-refractivity contribution in [2.75, 3.05) is 0 Å². The third-order valence-electron chi connectivity index (χ3n) is 5.54. The van der Waals surface area contributed by atoms with Crippen molar-refractivity contribution in [1.82, 2.24) is 10.2 Å². The number of Topliss-reactive ketones (excluding diaryl/α,β-unsaturated/α-hetero) is 2. The molecule has 4 rings (SSSR count). The molecule has 0 radical (unpaired) electrons. The zero-order valence-electron chi connectivity index (χ0n) is 16.5. The van der Waals surface area contributed by atoms with Gasteiger partial charge in [-0.15, -0.1) is 0 Å². The zero-order chi connectivity index (χ0) is 22.1. The zero-order valence-corrected chi connectivity index (χ0v) is 17.3. The molecule has 1 saturated carbocycles. The molecule has 2 aromatic rings. The van der Waals surface area contributed by atoms with Crippen LogP contribution in [0.2, 0.25) is 5.02 Å². The second-order valence-corrected chi connectivity index (χ2v) is 8.07. The van der Waals surface area contributed by atoms with Crippen molar-refractivity contribution in [3.63, 3.8) is 0 Å². The molecule has 0 saturated heterocycles. The van der Waals surface area contributed by atoms with Crippen LogP contribution in [-0.4, -0.2) is 40.2 Å². The van der Waals surface area contributed by atoms with Crippen molar-refractivity contribution < 1.29 is 24.0 Å². The van der Waals surface area contributed by atoms with Gasteiger partial charge in [-0.3, -0.25) is 28.9 Å². The molecule has 1 aliphatic heterocycles. The molecule has 0 aromatic heterocycles. The van der Waals surface area contributed by atoms with Crippen molar-refractivity contribution in [1.29, 1.82) is 0 Å². The Kier molecular flexibility index (Phi) is 5.69. The highest BCUT2D eigenvalue weighted by molar-refractivity contribution is 6.30. The summed E-state index contributed by atoms with van der Waals surface area (Å²) in [6.07, 6.45) is 0.204. The Hall–Kier alpha value is -3.32. The molecule has 7 nitrogen and oxygen atoms in total. The van der Waals surface area contributed by atoms with Crippen molar-refractivity contribution >= 4 is 40.9 Å². The second-order valence-electron chi connectivity index (χ2n) is 7.64. The van der Waals surface area contributed by atoms with Crippen LogP contribution in [0.25, 0.3) is 0 Å². The number of carbonyl (C=O) groups is 5. The average molecular weight is 439 g/mol. The lowest BCUT2D eigenvalue weighted by Crippen LogP contribution is -2.47. The van der Waals surface area contributed by atoms with Crippen LogP contribution in [0.15, 0.2) is 42.5 Å². The van der Waals surface area contributed by atoms with Gasteiger partial charge in [0.25, 0.3) is 11.8 Å². The molecule has 1 atom stereocenters. The van der Waals surface area contributed by atoms with Crippen molar-refractivity contribution in [2.45, 2.75) is 38.3 Å². The molecule has 1 fully saturated rings. The minimum atomic E-state index is -0.919. The molecule has 1 N–H and O–H groups in total. The van der Waals surface area contributed by atoms with E-state index in [-0.39, 0.29) is 55.0 Å². The topological polar surface area (TPSA) is 101 Å². The number of fused-ring (bicyclic) bond motifs is 1. The molecule has 1 heterocycles. The molecule has 0 bridgehead atoms. The van der Waals surface area contributed by atoms with Crippen LogP contribution in [0.1, 0.15) is 51.1 Å². The summed E-state index contributed by atoms with van der Waals surface area (Å²) in [6.45, 7) is 0.0690. The Morgan fingerprint density at radius 2 is 1.77 bits per heavy atom. The van der Waals surface area contributed by atoms with E-state index in [9.17, 15) is 24.0 Å². The molecule has 158 valence electrons. The Labute approximate surface area is 183 Å². The average Bonchev–Trinajstić information content (AvgIpc) is 2.99. The van der Waals surface area contributed by atoms with Crippen LogP contribution in [0.5, 0.6) is 0 Å². The van der Waals surface area contributed by atoms with Crippen molar-refractivity contribution in [2.24, 2.45) is 0 Å². The summed E-state index contributed by atoms with van der Waals surface area (Å²) in [5, 5.41) is 3.35. The summed E-state index contributed by atoms with van der Waals surface area (Å²) >= 11 is 5.85. The van der Waals surface area contributed by atoms with Gasteiger partial charge in [0, 0.05) is 18.0 Å². The number of rotatable bonds is 5. The number of benzene rings is 2. The van der Waals surface area contributed by atoms with E-state index in [1.165, 1.54) is 6.07 Å². The molecule has 2 aliphatic rings. The number of halogens is 1. The summed E-state index contributed by atoms with van der Waals surface area (Å²) in [6, 6.07) is 10.8. The van der Waals surface area contributed by atoms with E-state index in [1.807, 2.05) is 0 Å². The number of carbonyl (C=O) groups excluding carboxylic acids is 5. The first kappa shape index (κ1) is 20.9. The first-order chi connectivity index (χ1) is 14.8. The van der Waals surface area contributed by atoms with Gasteiger partial charge in [0.1, 0.15) is 5.78 Å². The fraction of sp³-hybridized carbons (Fsp3) is 0.261. The van der Waals surface area contributed by atoms with Crippen molar-refractivity contribution in [3.05, 3.63) is 69.7 Å². The number of hydrogen-bond donors (Lipinski definition) is 1. The van der Waals surface area contributed by atoms with Crippen LogP contribution in [0, 0.1) is 0 Å². The van der Waals surface area contributed by atoms with Gasteiger partial charge in [-0.25, -0.2) is 0 Å². The maximum atomic E-state index is 13.1. The number of hydrogen-bond acceptors (Lipinski definition) is 5. The molecular formula is C23H19ClN2O5. The molecule has 2 aromatic carbocycles. The fourth-order valence-corrected chi connectivity index (χ4v) is 4.11. The highest BCUT2D eigenvalue weighted by Gasteiger charge is 2.45. The van der Waals surface area contributed by atoms with Gasteiger partial charge in [0.2, 0.25) is 5.91 Å². The van der Waals surface area contributed by atoms with E-state index in [1.54, 1.807) is 36.4 Å². The Morgan fingerprint density at radius 3 is 2.48 bits per heavy atom. The lowest BCUT2D eigenvalue weighted by molar-refractivity contribution is -0.132. The third-order valence-corrected chi connectivity index (χ3v) is 5.79. The second kappa shape index (κ2) is 8.43. The van der Waals surface area contributed by atoms with Crippen LogP contribution >= 0.6 is 11.6 Å². The predicted molar refractivity (Wildman–Crippen MR) is 112 cm³/mol. The van der Waals surface area contributed by atoms with Gasteiger partial charge in [-0.1, -0.05) is 35.9 Å². The summed E-state index contributed by atoms with van der Waals surface area (Å²) in [5.74, 6) is -1.93. The molecule has 0 spiro atoms. The van der Waals surface area contributed by atoms with Gasteiger partial charge in [-0.2, -0.15) is 0 Å². The highest BCUT2D eigenvalue weighted by Crippen LogP contribution is 2.31. The number of amides is 3. The lowest BCUT2D eigenvalue weighted by Gasteiger charge is -2.27. The quantitative estimate of drug-likeness (QED) is 0.571. The van der Waals surface area contributed by atoms with Crippen LogP contribution in [0.4, 0.5) is 0 Å². The van der Waals surface area contributed by atoms with Gasteiger partial charge < -0.3 is 5.32 Å². The molecule has 1 unspecified atom stereocenters. The largest absolute Gasteiger partial charge is 0.352 e. The van der Waals surface area contributed by atoms with E-state index in [0.717, 1.165) is 10.5 Å². The summed E-state index contributed by atoms with van der Waals surface area (Å²) in [5.41, 5.74) is 1.70. The molecule has 31 heavy (non-hydrogen) atoms. The van der Waals surface area contributed by atoms with E-state index in [4.69, 9.17) is 11.6 Å². The Morgan fingerprint density at radius 1 is 1.03 bits per heavy atom. The maximum absolute atomic E-state index is 13.1. The van der Waals surface area contributed by atoms with Gasteiger partial charge in [0.15, 0.2) is 5.78 Å².